The predicted octanol–water partition coefficient (Wildman–Crippen LogP) is 4.35. The highest BCUT2D eigenvalue weighted by Crippen LogP contribution is 2.33. The number of hydrogen-bond donors (Lipinski definition) is 2. The summed E-state index contributed by atoms with van der Waals surface area (Å²) in [5.41, 5.74) is 2.90. The number of nitrogens with one attached hydrogen (secondary N) is 2. The van der Waals surface area contributed by atoms with Gasteiger partial charge in [-0.25, -0.2) is 0 Å². The Kier molecular flexibility index (Phi) is 8.05. The molecule has 3 aromatic rings. The van der Waals surface area contributed by atoms with Gasteiger partial charge >= 0.3 is 5.97 Å². The molecule has 1 heterocycles. The van der Waals surface area contributed by atoms with Gasteiger partial charge in [0.15, 0.2) is 5.78 Å². The minimum atomic E-state index is -0.298. The SMILES string of the molecule is CCOC(=O)CCCN1CC(=O)c2cccc3c(NCCNc4ccc(OC)cc4)ccc(c23)C1=O. The van der Waals surface area contributed by atoms with E-state index in [1.54, 1.807) is 26.2 Å². The molecule has 0 spiro atoms. The number of anilines is 2. The summed E-state index contributed by atoms with van der Waals surface area (Å²) in [7, 11) is 1.64. The topological polar surface area (TPSA) is 97.0 Å². The van der Waals surface area contributed by atoms with Crippen molar-refractivity contribution in [2.75, 3.05) is 50.5 Å². The van der Waals surface area contributed by atoms with Crippen molar-refractivity contribution in [1.29, 1.82) is 0 Å². The van der Waals surface area contributed by atoms with Crippen LogP contribution in [0.3, 0.4) is 0 Å². The van der Waals surface area contributed by atoms with Crippen LogP contribution < -0.4 is 15.4 Å². The molecule has 0 saturated heterocycles. The number of nitrogens with zero attached hydrogens (tertiary/aromatic N) is 1. The smallest absolute Gasteiger partial charge is 0.305 e. The van der Waals surface area contributed by atoms with Crippen LogP contribution in [0.25, 0.3) is 10.8 Å². The first-order valence-electron chi connectivity index (χ1n) is 12.2. The number of Topliss-reactive ketones (excluding diaryl/α,β-unsaturated/α-hetero) is 1. The molecule has 0 fully saturated rings. The number of ether oxygens (including phenoxy) is 2. The maximum absolute atomic E-state index is 13.4. The predicted molar refractivity (Wildman–Crippen MR) is 140 cm³/mol. The number of hydrogen-bond acceptors (Lipinski definition) is 7. The Morgan fingerprint density at radius 3 is 2.50 bits per heavy atom. The van der Waals surface area contributed by atoms with E-state index in [4.69, 9.17) is 9.47 Å². The lowest BCUT2D eigenvalue weighted by Gasteiger charge is -2.20. The van der Waals surface area contributed by atoms with Crippen LogP contribution >= 0.6 is 0 Å². The largest absolute Gasteiger partial charge is 0.497 e. The van der Waals surface area contributed by atoms with Crippen molar-refractivity contribution in [1.82, 2.24) is 4.90 Å². The van der Waals surface area contributed by atoms with Crippen LogP contribution in [0.2, 0.25) is 0 Å². The number of rotatable bonds is 11. The van der Waals surface area contributed by atoms with Crippen LogP contribution in [0, 0.1) is 0 Å². The number of amides is 1. The van der Waals surface area contributed by atoms with Crippen LogP contribution in [-0.2, 0) is 9.53 Å². The second kappa shape index (κ2) is 11.6. The van der Waals surface area contributed by atoms with E-state index in [1.165, 1.54) is 4.90 Å². The van der Waals surface area contributed by atoms with E-state index >= 15 is 0 Å². The molecule has 2 N–H and O–H groups in total. The van der Waals surface area contributed by atoms with Crippen molar-refractivity contribution in [2.24, 2.45) is 0 Å². The monoisotopic (exact) mass is 489 g/mol. The van der Waals surface area contributed by atoms with Crippen LogP contribution in [0.1, 0.15) is 40.5 Å². The second-order valence-electron chi connectivity index (χ2n) is 8.53. The van der Waals surface area contributed by atoms with Crippen LogP contribution in [0.4, 0.5) is 11.4 Å². The quantitative estimate of drug-likeness (QED) is 0.305. The summed E-state index contributed by atoms with van der Waals surface area (Å²) in [6.45, 7) is 3.71. The molecular weight excluding hydrogens is 458 g/mol. The highest BCUT2D eigenvalue weighted by molar-refractivity contribution is 6.21. The second-order valence-corrected chi connectivity index (χ2v) is 8.53. The Bertz CT molecular complexity index is 1260. The number of carbonyl (C=O) groups excluding carboxylic acids is 3. The summed E-state index contributed by atoms with van der Waals surface area (Å²) in [5.74, 6) is 0.200. The Morgan fingerprint density at radius 2 is 1.75 bits per heavy atom. The molecule has 1 amide bonds. The van der Waals surface area contributed by atoms with E-state index in [0.29, 0.717) is 49.2 Å². The first-order chi connectivity index (χ1) is 17.5. The van der Waals surface area contributed by atoms with Gasteiger partial charge in [0.25, 0.3) is 5.91 Å². The first-order valence-corrected chi connectivity index (χ1v) is 12.2. The Labute approximate surface area is 210 Å². The van der Waals surface area contributed by atoms with Crippen LogP contribution in [0.15, 0.2) is 54.6 Å². The van der Waals surface area contributed by atoms with Crippen molar-refractivity contribution < 1.29 is 23.9 Å². The lowest BCUT2D eigenvalue weighted by molar-refractivity contribution is -0.143. The Hall–Kier alpha value is -4.07. The highest BCUT2D eigenvalue weighted by Gasteiger charge is 2.28. The molecule has 0 aliphatic carbocycles. The maximum atomic E-state index is 13.4. The lowest BCUT2D eigenvalue weighted by Crippen LogP contribution is -2.35. The molecule has 36 heavy (non-hydrogen) atoms. The molecule has 4 rings (SSSR count). The summed E-state index contributed by atoms with van der Waals surface area (Å²) in [4.78, 5) is 39.7. The van der Waals surface area contributed by atoms with Gasteiger partial charge in [-0.3, -0.25) is 14.4 Å². The zero-order chi connectivity index (χ0) is 25.5. The summed E-state index contributed by atoms with van der Waals surface area (Å²) < 4.78 is 10.1. The summed E-state index contributed by atoms with van der Waals surface area (Å²) in [5, 5.41) is 8.30. The third kappa shape index (κ3) is 5.59. The number of esters is 1. The van der Waals surface area contributed by atoms with Crippen molar-refractivity contribution in [3.05, 3.63) is 65.7 Å². The Morgan fingerprint density at radius 1 is 0.972 bits per heavy atom. The van der Waals surface area contributed by atoms with E-state index in [9.17, 15) is 14.4 Å². The average Bonchev–Trinajstić information content (AvgIpc) is 2.99. The molecule has 8 heteroatoms. The molecule has 1 aliphatic rings. The Balaban J connectivity index is 1.47. The van der Waals surface area contributed by atoms with Crippen LogP contribution in [-0.4, -0.2) is 62.5 Å². The normalized spacial score (nSPS) is 12.9. The van der Waals surface area contributed by atoms with E-state index in [1.807, 2.05) is 42.5 Å². The van der Waals surface area contributed by atoms with E-state index in [-0.39, 0.29) is 30.6 Å². The molecule has 1 aliphatic heterocycles. The zero-order valence-corrected chi connectivity index (χ0v) is 20.6. The molecule has 0 atom stereocenters. The summed E-state index contributed by atoms with van der Waals surface area (Å²) >= 11 is 0. The fraction of sp³-hybridized carbons (Fsp3) is 0.321. The number of carbonyl (C=O) groups is 3. The van der Waals surface area contributed by atoms with Gasteiger partial charge in [0.05, 0.1) is 20.3 Å². The van der Waals surface area contributed by atoms with Gasteiger partial charge < -0.3 is 25.0 Å². The van der Waals surface area contributed by atoms with Gasteiger partial charge in [0.2, 0.25) is 0 Å². The van der Waals surface area contributed by atoms with Gasteiger partial charge in [0.1, 0.15) is 5.75 Å². The van der Waals surface area contributed by atoms with Crippen molar-refractivity contribution in [2.45, 2.75) is 19.8 Å². The third-order valence-electron chi connectivity index (χ3n) is 6.17. The van der Waals surface area contributed by atoms with Gasteiger partial charge in [0, 0.05) is 59.3 Å². The molecule has 0 unspecified atom stereocenters. The van der Waals surface area contributed by atoms with E-state index in [2.05, 4.69) is 10.6 Å². The van der Waals surface area contributed by atoms with Crippen LogP contribution in [0.5, 0.6) is 5.75 Å². The van der Waals surface area contributed by atoms with Crippen molar-refractivity contribution >= 4 is 39.8 Å². The molecule has 188 valence electrons. The average molecular weight is 490 g/mol. The molecule has 0 aromatic heterocycles. The van der Waals surface area contributed by atoms with Crippen molar-refractivity contribution in [3.63, 3.8) is 0 Å². The third-order valence-corrected chi connectivity index (χ3v) is 6.17. The highest BCUT2D eigenvalue weighted by atomic mass is 16.5. The van der Waals surface area contributed by atoms with E-state index in [0.717, 1.165) is 22.5 Å². The molecule has 3 aromatic carbocycles. The minimum Gasteiger partial charge on any atom is -0.497 e. The fourth-order valence-corrected chi connectivity index (χ4v) is 4.41. The number of methoxy groups -OCH3 is 1. The molecule has 0 bridgehead atoms. The molecular formula is C28H31N3O5. The molecule has 8 nitrogen and oxygen atoms in total. The standard InChI is InChI=1S/C28H31N3O5/c1-3-36-26(33)8-5-17-31-18-25(32)22-7-4-6-21-24(14-13-23(27(21)22)28(31)34)30-16-15-29-19-9-11-20(35-2)12-10-19/h4,6-7,9-14,29-30H,3,5,8,15-18H2,1-2H3. The van der Waals surface area contributed by atoms with Gasteiger partial charge in [-0.1, -0.05) is 18.2 Å². The lowest BCUT2D eigenvalue weighted by atomic mass is 9.96. The summed E-state index contributed by atoms with van der Waals surface area (Å²) in [6, 6.07) is 16.9. The molecule has 0 saturated carbocycles. The number of ketones is 1. The first kappa shape index (κ1) is 25.0. The number of benzene rings is 3. The molecule has 0 radical (unpaired) electrons. The minimum absolute atomic E-state index is 0.00993. The van der Waals surface area contributed by atoms with Crippen molar-refractivity contribution in [3.8, 4) is 5.75 Å². The van der Waals surface area contributed by atoms with Gasteiger partial charge in [-0.2, -0.15) is 0 Å². The zero-order valence-electron chi connectivity index (χ0n) is 20.6. The maximum Gasteiger partial charge on any atom is 0.305 e. The van der Waals surface area contributed by atoms with E-state index < -0.39 is 0 Å². The van der Waals surface area contributed by atoms with Gasteiger partial charge in [-0.05, 0) is 49.7 Å². The van der Waals surface area contributed by atoms with Gasteiger partial charge in [-0.15, -0.1) is 0 Å². The summed E-state index contributed by atoms with van der Waals surface area (Å²) in [6.07, 6.45) is 0.653. The fourth-order valence-electron chi connectivity index (χ4n) is 4.41.